The average Bonchev–Trinajstić information content (AvgIpc) is 3.48. The number of carbonyl (C=O) groups is 1. The molecule has 0 spiro atoms. The molecule has 1 aromatic heterocycles. The van der Waals surface area contributed by atoms with Gasteiger partial charge in [0.15, 0.2) is 5.76 Å². The summed E-state index contributed by atoms with van der Waals surface area (Å²) in [7, 11) is 0. The second-order valence-corrected chi connectivity index (χ2v) is 9.51. The maximum atomic E-state index is 13.0. The number of nitrogens with zero attached hydrogens (tertiary/aromatic N) is 2. The van der Waals surface area contributed by atoms with Gasteiger partial charge in [0.05, 0.1) is 12.4 Å². The molecule has 33 heavy (non-hydrogen) atoms. The van der Waals surface area contributed by atoms with Crippen molar-refractivity contribution >= 4 is 5.91 Å². The monoisotopic (exact) mass is 444 g/mol. The second kappa shape index (κ2) is 9.44. The molecule has 0 unspecified atom stereocenters. The maximum absolute atomic E-state index is 13.0. The highest BCUT2D eigenvalue weighted by Crippen LogP contribution is 2.42. The van der Waals surface area contributed by atoms with E-state index in [1.54, 1.807) is 18.4 Å². The van der Waals surface area contributed by atoms with Gasteiger partial charge in [-0.1, -0.05) is 42.5 Å². The van der Waals surface area contributed by atoms with E-state index < -0.39 is 0 Å². The summed E-state index contributed by atoms with van der Waals surface area (Å²) in [6.45, 7) is 7.55. The van der Waals surface area contributed by atoms with Crippen molar-refractivity contribution in [1.29, 1.82) is 0 Å². The van der Waals surface area contributed by atoms with Crippen LogP contribution in [0.1, 0.15) is 47.9 Å². The van der Waals surface area contributed by atoms with Crippen LogP contribution in [0.5, 0.6) is 5.75 Å². The highest BCUT2D eigenvalue weighted by molar-refractivity contribution is 5.91. The molecule has 0 radical (unpaired) electrons. The van der Waals surface area contributed by atoms with E-state index in [4.69, 9.17) is 9.15 Å². The first-order valence-electron chi connectivity index (χ1n) is 12.0. The van der Waals surface area contributed by atoms with Gasteiger partial charge >= 0.3 is 0 Å². The smallest absolute Gasteiger partial charge is 0.289 e. The molecule has 3 atom stereocenters. The largest absolute Gasteiger partial charge is 0.491 e. The molecule has 2 aliphatic heterocycles. The van der Waals surface area contributed by atoms with E-state index in [9.17, 15) is 4.79 Å². The van der Waals surface area contributed by atoms with Crippen LogP contribution in [0.2, 0.25) is 0 Å². The van der Waals surface area contributed by atoms with Crippen LogP contribution < -0.4 is 4.74 Å². The van der Waals surface area contributed by atoms with E-state index >= 15 is 0 Å². The summed E-state index contributed by atoms with van der Waals surface area (Å²) < 4.78 is 11.3. The Morgan fingerprint density at radius 3 is 2.52 bits per heavy atom. The molecule has 3 aromatic rings. The van der Waals surface area contributed by atoms with Crippen LogP contribution in [0.4, 0.5) is 0 Å². The SMILES string of the molecule is CC(C)Oc1ccc([C@@H]2CN(Cc3ccccc3)[C@H]3CCN(C(=O)c4ccco4)C[C@@H]23)cc1. The summed E-state index contributed by atoms with van der Waals surface area (Å²) in [4.78, 5) is 17.6. The lowest BCUT2D eigenvalue weighted by molar-refractivity contribution is 0.0554. The minimum Gasteiger partial charge on any atom is -0.491 e. The Labute approximate surface area is 196 Å². The number of amides is 1. The molecule has 1 amide bonds. The number of benzene rings is 2. The van der Waals surface area contributed by atoms with Crippen molar-refractivity contribution in [3.05, 3.63) is 89.9 Å². The number of carbonyl (C=O) groups excluding carboxylic acids is 1. The zero-order chi connectivity index (χ0) is 22.8. The Kier molecular flexibility index (Phi) is 6.23. The predicted octanol–water partition coefficient (Wildman–Crippen LogP) is 5.20. The molecule has 3 heterocycles. The van der Waals surface area contributed by atoms with Gasteiger partial charge in [0.25, 0.3) is 5.91 Å². The molecule has 0 aliphatic carbocycles. The summed E-state index contributed by atoms with van der Waals surface area (Å²) in [5.74, 6) is 2.10. The first kappa shape index (κ1) is 21.8. The highest BCUT2D eigenvalue weighted by Gasteiger charge is 2.46. The third-order valence-corrected chi connectivity index (χ3v) is 6.96. The number of ether oxygens (including phenoxy) is 1. The van der Waals surface area contributed by atoms with Crippen molar-refractivity contribution in [3.63, 3.8) is 0 Å². The normalized spacial score (nSPS) is 23.0. The van der Waals surface area contributed by atoms with E-state index in [0.717, 1.165) is 38.3 Å². The number of fused-ring (bicyclic) bond motifs is 1. The number of likely N-dealkylation sites (tertiary alicyclic amines) is 2. The third kappa shape index (κ3) is 4.69. The summed E-state index contributed by atoms with van der Waals surface area (Å²) in [5, 5.41) is 0. The van der Waals surface area contributed by atoms with E-state index in [2.05, 4.69) is 59.5 Å². The topological polar surface area (TPSA) is 45.9 Å². The lowest BCUT2D eigenvalue weighted by atomic mass is 9.81. The fraction of sp³-hybridized carbons (Fsp3) is 0.393. The van der Waals surface area contributed by atoms with Gasteiger partial charge in [0.2, 0.25) is 0 Å². The van der Waals surface area contributed by atoms with Gasteiger partial charge in [-0.25, -0.2) is 0 Å². The van der Waals surface area contributed by atoms with Crippen LogP contribution in [0.15, 0.2) is 77.4 Å². The van der Waals surface area contributed by atoms with Crippen LogP contribution in [0.25, 0.3) is 0 Å². The number of hydrogen-bond donors (Lipinski definition) is 0. The standard InChI is InChI=1S/C28H32N2O3/c1-20(2)33-23-12-10-22(11-13-23)24-18-30(17-21-7-4-3-5-8-21)26-14-15-29(19-25(24)26)28(31)27-9-6-16-32-27/h3-13,16,20,24-26H,14-15,17-19H2,1-2H3/t24-,25-,26-/m0/s1. The van der Waals surface area contributed by atoms with E-state index in [-0.39, 0.29) is 12.0 Å². The molecule has 2 aliphatic rings. The van der Waals surface area contributed by atoms with E-state index in [1.165, 1.54) is 11.1 Å². The second-order valence-electron chi connectivity index (χ2n) is 9.51. The Balaban J connectivity index is 1.39. The first-order chi connectivity index (χ1) is 16.1. The van der Waals surface area contributed by atoms with Crippen molar-refractivity contribution in [2.45, 2.75) is 44.9 Å². The lowest BCUT2D eigenvalue weighted by Gasteiger charge is -2.39. The van der Waals surface area contributed by atoms with Gasteiger partial charge in [0.1, 0.15) is 5.75 Å². The van der Waals surface area contributed by atoms with Crippen molar-refractivity contribution in [2.75, 3.05) is 19.6 Å². The zero-order valence-corrected chi connectivity index (χ0v) is 19.4. The minimum atomic E-state index is -0.000564. The summed E-state index contributed by atoms with van der Waals surface area (Å²) >= 11 is 0. The Bertz CT molecular complexity index is 1050. The highest BCUT2D eigenvalue weighted by atomic mass is 16.5. The molecule has 5 rings (SSSR count). The van der Waals surface area contributed by atoms with Gasteiger partial charge in [-0.15, -0.1) is 0 Å². The first-order valence-corrected chi connectivity index (χ1v) is 12.0. The van der Waals surface area contributed by atoms with Gasteiger partial charge in [0, 0.05) is 44.1 Å². The Morgan fingerprint density at radius 1 is 1.03 bits per heavy atom. The molecule has 2 fully saturated rings. The molecular formula is C28H32N2O3. The number of rotatable bonds is 6. The Morgan fingerprint density at radius 2 is 1.82 bits per heavy atom. The molecule has 0 N–H and O–H groups in total. The molecule has 2 aromatic carbocycles. The van der Waals surface area contributed by atoms with Crippen molar-refractivity contribution in [2.24, 2.45) is 5.92 Å². The number of piperidine rings is 1. The molecule has 5 nitrogen and oxygen atoms in total. The molecule has 5 heteroatoms. The van der Waals surface area contributed by atoms with Gasteiger partial charge in [-0.2, -0.15) is 0 Å². The molecule has 2 saturated heterocycles. The summed E-state index contributed by atoms with van der Waals surface area (Å²) in [6, 6.07) is 23.3. The van der Waals surface area contributed by atoms with Crippen molar-refractivity contribution < 1.29 is 13.9 Å². The maximum Gasteiger partial charge on any atom is 0.289 e. The van der Waals surface area contributed by atoms with Crippen LogP contribution in [0.3, 0.4) is 0 Å². The summed E-state index contributed by atoms with van der Waals surface area (Å²) in [6.07, 6.45) is 2.71. The fourth-order valence-electron chi connectivity index (χ4n) is 5.50. The van der Waals surface area contributed by atoms with Crippen LogP contribution in [-0.2, 0) is 6.54 Å². The van der Waals surface area contributed by atoms with Crippen molar-refractivity contribution in [3.8, 4) is 5.75 Å². The van der Waals surface area contributed by atoms with Crippen LogP contribution >= 0.6 is 0 Å². The van der Waals surface area contributed by atoms with E-state index in [1.807, 2.05) is 18.7 Å². The van der Waals surface area contributed by atoms with Crippen molar-refractivity contribution in [1.82, 2.24) is 9.80 Å². The molecular weight excluding hydrogens is 412 g/mol. The Hall–Kier alpha value is -3.05. The fourth-order valence-corrected chi connectivity index (χ4v) is 5.50. The molecule has 0 bridgehead atoms. The predicted molar refractivity (Wildman–Crippen MR) is 128 cm³/mol. The molecule has 172 valence electrons. The third-order valence-electron chi connectivity index (χ3n) is 6.96. The number of hydrogen-bond acceptors (Lipinski definition) is 4. The zero-order valence-electron chi connectivity index (χ0n) is 19.4. The minimum absolute atomic E-state index is 0.000564. The van der Waals surface area contributed by atoms with Gasteiger partial charge in [-0.05, 0) is 55.7 Å². The van der Waals surface area contributed by atoms with Crippen LogP contribution in [0, 0.1) is 5.92 Å². The number of furan rings is 1. The molecule has 0 saturated carbocycles. The van der Waals surface area contributed by atoms with Crippen LogP contribution in [-0.4, -0.2) is 47.5 Å². The lowest BCUT2D eigenvalue weighted by Crippen LogP contribution is -2.48. The van der Waals surface area contributed by atoms with Gasteiger partial charge in [-0.3, -0.25) is 9.69 Å². The van der Waals surface area contributed by atoms with Gasteiger partial charge < -0.3 is 14.1 Å². The summed E-state index contributed by atoms with van der Waals surface area (Å²) in [5.41, 5.74) is 2.66. The van der Waals surface area contributed by atoms with E-state index in [0.29, 0.717) is 23.6 Å². The average molecular weight is 445 g/mol. The quantitative estimate of drug-likeness (QED) is 0.524.